The van der Waals surface area contributed by atoms with Gasteiger partial charge in [-0.1, -0.05) is 5.16 Å². The Morgan fingerprint density at radius 1 is 1.50 bits per heavy atom. The quantitative estimate of drug-likeness (QED) is 0.759. The number of aryl methyl sites for hydroxylation is 1. The fraction of sp³-hybridized carbons (Fsp3) is 0.600. The number of nitrogens with zero attached hydrogens (tertiary/aromatic N) is 5. The summed E-state index contributed by atoms with van der Waals surface area (Å²) in [5, 5.41) is 7.98. The Balaban J connectivity index is 1.59. The molecule has 2 aromatic heterocycles. The minimum atomic E-state index is -0.167. The van der Waals surface area contributed by atoms with Crippen LogP contribution in [-0.4, -0.2) is 63.6 Å². The van der Waals surface area contributed by atoms with Gasteiger partial charge in [0.05, 0.1) is 30.9 Å². The van der Waals surface area contributed by atoms with Crippen molar-refractivity contribution in [3.8, 4) is 0 Å². The molecule has 0 spiro atoms. The molecule has 9 heteroatoms. The molecule has 0 radical (unpaired) electrons. The van der Waals surface area contributed by atoms with Crippen molar-refractivity contribution in [3.05, 3.63) is 29.7 Å². The van der Waals surface area contributed by atoms with Crippen LogP contribution in [0.5, 0.6) is 0 Å². The zero-order valence-electron chi connectivity index (χ0n) is 13.8. The van der Waals surface area contributed by atoms with E-state index in [9.17, 15) is 4.79 Å². The number of amides is 1. The molecule has 1 fully saturated rings. The predicted octanol–water partition coefficient (Wildman–Crippen LogP) is 0.516. The molecule has 130 valence electrons. The first kappa shape index (κ1) is 16.6. The van der Waals surface area contributed by atoms with Gasteiger partial charge in [0, 0.05) is 32.9 Å². The van der Waals surface area contributed by atoms with E-state index in [1.54, 1.807) is 29.1 Å². The van der Waals surface area contributed by atoms with Gasteiger partial charge in [0.25, 0.3) is 5.91 Å². The van der Waals surface area contributed by atoms with Crippen molar-refractivity contribution in [1.82, 2.24) is 24.8 Å². The number of hydrogen-bond donors (Lipinski definition) is 0. The van der Waals surface area contributed by atoms with Crippen molar-refractivity contribution in [2.45, 2.75) is 32.6 Å². The minimum absolute atomic E-state index is 0.0337. The Kier molecular flexibility index (Phi) is 5.21. The number of methoxy groups -OCH3 is 1. The normalized spacial score (nSPS) is 18.1. The van der Waals surface area contributed by atoms with Crippen LogP contribution in [0.15, 0.2) is 16.9 Å². The van der Waals surface area contributed by atoms with Crippen molar-refractivity contribution >= 4 is 5.91 Å². The Morgan fingerprint density at radius 3 is 3.12 bits per heavy atom. The molecule has 1 saturated heterocycles. The highest BCUT2D eigenvalue weighted by atomic mass is 16.5. The van der Waals surface area contributed by atoms with Crippen molar-refractivity contribution in [2.24, 2.45) is 0 Å². The summed E-state index contributed by atoms with van der Waals surface area (Å²) >= 11 is 0. The molecule has 0 N–H and O–H groups in total. The van der Waals surface area contributed by atoms with Gasteiger partial charge in [-0.25, -0.2) is 0 Å². The average Bonchev–Trinajstić information content (AvgIpc) is 3.24. The highest BCUT2D eigenvalue weighted by Gasteiger charge is 2.27. The van der Waals surface area contributed by atoms with E-state index in [0.29, 0.717) is 50.0 Å². The summed E-state index contributed by atoms with van der Waals surface area (Å²) in [6.07, 6.45) is 3.67. The van der Waals surface area contributed by atoms with E-state index in [2.05, 4.69) is 15.2 Å². The SMILES string of the molecule is CCn1cc(C(=O)N2CCOC(Cc3nc(COC)no3)C2)cn1. The van der Waals surface area contributed by atoms with Gasteiger partial charge in [-0.15, -0.1) is 0 Å². The standard InChI is InChI=1S/C15H21N5O4/c1-3-20-8-11(7-16-20)15(21)19-4-5-23-12(9-19)6-14-17-13(10-22-2)18-24-14/h7-8,12H,3-6,9-10H2,1-2H3. The van der Waals surface area contributed by atoms with Crippen molar-refractivity contribution in [3.63, 3.8) is 0 Å². The molecule has 2 aromatic rings. The molecule has 3 heterocycles. The number of carbonyl (C=O) groups excluding carboxylic acids is 1. The molecule has 24 heavy (non-hydrogen) atoms. The zero-order chi connectivity index (χ0) is 16.9. The maximum atomic E-state index is 12.6. The van der Waals surface area contributed by atoms with Gasteiger partial charge in [0.2, 0.25) is 5.89 Å². The van der Waals surface area contributed by atoms with Crippen LogP contribution in [0.2, 0.25) is 0 Å². The highest BCUT2D eigenvalue weighted by molar-refractivity contribution is 5.93. The van der Waals surface area contributed by atoms with Crippen LogP contribution in [0.3, 0.4) is 0 Å². The molecule has 1 aliphatic heterocycles. The van der Waals surface area contributed by atoms with Crippen molar-refractivity contribution in [1.29, 1.82) is 0 Å². The Bertz CT molecular complexity index is 683. The Labute approximate surface area is 139 Å². The van der Waals surface area contributed by atoms with E-state index in [0.717, 1.165) is 6.54 Å². The molecule has 0 saturated carbocycles. The summed E-state index contributed by atoms with van der Waals surface area (Å²) in [6, 6.07) is 0. The second-order valence-electron chi connectivity index (χ2n) is 5.57. The molecule has 1 amide bonds. The van der Waals surface area contributed by atoms with Crippen LogP contribution in [0.25, 0.3) is 0 Å². The number of hydrogen-bond acceptors (Lipinski definition) is 7. The van der Waals surface area contributed by atoms with Crippen LogP contribution in [-0.2, 0) is 29.0 Å². The Morgan fingerprint density at radius 2 is 2.38 bits per heavy atom. The van der Waals surface area contributed by atoms with Gasteiger partial charge < -0.3 is 18.9 Å². The molecular weight excluding hydrogens is 314 g/mol. The summed E-state index contributed by atoms with van der Waals surface area (Å²) in [6.45, 7) is 4.55. The summed E-state index contributed by atoms with van der Waals surface area (Å²) in [7, 11) is 1.57. The molecule has 9 nitrogen and oxygen atoms in total. The number of morpholine rings is 1. The van der Waals surface area contributed by atoms with Gasteiger partial charge in [-0.05, 0) is 6.92 Å². The lowest BCUT2D eigenvalue weighted by Gasteiger charge is -2.32. The van der Waals surface area contributed by atoms with Crippen LogP contribution in [0.1, 0.15) is 29.0 Å². The summed E-state index contributed by atoms with van der Waals surface area (Å²) in [4.78, 5) is 18.6. The van der Waals surface area contributed by atoms with Crippen LogP contribution in [0, 0.1) is 0 Å². The van der Waals surface area contributed by atoms with Gasteiger partial charge in [0.1, 0.15) is 6.61 Å². The van der Waals surface area contributed by atoms with E-state index >= 15 is 0 Å². The number of carbonyl (C=O) groups is 1. The van der Waals surface area contributed by atoms with Gasteiger partial charge in [-0.2, -0.15) is 10.1 Å². The third-order valence-corrected chi connectivity index (χ3v) is 3.82. The number of aromatic nitrogens is 4. The van der Waals surface area contributed by atoms with Crippen molar-refractivity contribution < 1.29 is 18.8 Å². The molecule has 1 aliphatic rings. The van der Waals surface area contributed by atoms with E-state index in [1.165, 1.54) is 0 Å². The smallest absolute Gasteiger partial charge is 0.257 e. The maximum Gasteiger partial charge on any atom is 0.257 e. The zero-order valence-corrected chi connectivity index (χ0v) is 13.8. The molecule has 3 rings (SSSR count). The fourth-order valence-electron chi connectivity index (χ4n) is 2.61. The average molecular weight is 335 g/mol. The summed E-state index contributed by atoms with van der Waals surface area (Å²) in [5.74, 6) is 0.956. The second kappa shape index (κ2) is 7.54. The lowest BCUT2D eigenvalue weighted by Crippen LogP contribution is -2.46. The molecular formula is C15H21N5O4. The van der Waals surface area contributed by atoms with E-state index in [-0.39, 0.29) is 12.0 Å². The van der Waals surface area contributed by atoms with Crippen LogP contribution < -0.4 is 0 Å². The molecule has 0 bridgehead atoms. The Hall–Kier alpha value is -2.26. The van der Waals surface area contributed by atoms with Crippen molar-refractivity contribution in [2.75, 3.05) is 26.8 Å². The molecule has 1 unspecified atom stereocenters. The van der Waals surface area contributed by atoms with E-state index < -0.39 is 0 Å². The third kappa shape index (κ3) is 3.80. The first-order valence-electron chi connectivity index (χ1n) is 7.93. The molecule has 0 aliphatic carbocycles. The van der Waals surface area contributed by atoms with Gasteiger partial charge in [0.15, 0.2) is 5.82 Å². The predicted molar refractivity (Wildman–Crippen MR) is 82.3 cm³/mol. The second-order valence-corrected chi connectivity index (χ2v) is 5.57. The van der Waals surface area contributed by atoms with Crippen LogP contribution in [0.4, 0.5) is 0 Å². The van der Waals surface area contributed by atoms with Gasteiger partial charge >= 0.3 is 0 Å². The van der Waals surface area contributed by atoms with E-state index in [1.807, 2.05) is 6.92 Å². The maximum absolute atomic E-state index is 12.6. The lowest BCUT2D eigenvalue weighted by molar-refractivity contribution is -0.0237. The van der Waals surface area contributed by atoms with E-state index in [4.69, 9.17) is 14.0 Å². The summed E-state index contributed by atoms with van der Waals surface area (Å²) in [5.41, 5.74) is 0.595. The topological polar surface area (TPSA) is 95.5 Å². The highest BCUT2D eigenvalue weighted by Crippen LogP contribution is 2.14. The first-order valence-corrected chi connectivity index (χ1v) is 7.93. The largest absolute Gasteiger partial charge is 0.377 e. The fourth-order valence-corrected chi connectivity index (χ4v) is 2.61. The molecule has 0 aromatic carbocycles. The number of rotatable bonds is 6. The third-order valence-electron chi connectivity index (χ3n) is 3.82. The lowest BCUT2D eigenvalue weighted by atomic mass is 10.2. The minimum Gasteiger partial charge on any atom is -0.377 e. The monoisotopic (exact) mass is 335 g/mol. The van der Waals surface area contributed by atoms with Gasteiger partial charge in [-0.3, -0.25) is 9.48 Å². The first-order chi connectivity index (χ1) is 11.7. The molecule has 1 atom stereocenters. The summed E-state index contributed by atoms with van der Waals surface area (Å²) < 4.78 is 17.6. The number of ether oxygens (including phenoxy) is 2. The van der Waals surface area contributed by atoms with Crippen LogP contribution >= 0.6 is 0 Å².